The Kier molecular flexibility index (Phi) is 2.60. The van der Waals surface area contributed by atoms with Crippen LogP contribution in [0.5, 0.6) is 0 Å². The van der Waals surface area contributed by atoms with Gasteiger partial charge in [0.2, 0.25) is 0 Å². The van der Waals surface area contributed by atoms with Crippen LogP contribution >= 0.6 is 9.24 Å². The van der Waals surface area contributed by atoms with Crippen LogP contribution in [-0.2, 0) is 0 Å². The van der Waals surface area contributed by atoms with Gasteiger partial charge in [-0.1, -0.05) is 25.7 Å². The minimum atomic E-state index is 0.978. The molecule has 0 aromatic rings. The van der Waals surface area contributed by atoms with Gasteiger partial charge in [0, 0.05) is 0 Å². The molecule has 3 fully saturated rings. The highest BCUT2D eigenvalue weighted by Crippen LogP contribution is 2.56. The average molecular weight is 210 g/mol. The van der Waals surface area contributed by atoms with Crippen LogP contribution in [0.1, 0.15) is 51.4 Å². The van der Waals surface area contributed by atoms with Crippen molar-refractivity contribution in [2.45, 2.75) is 57.0 Å². The maximum Gasteiger partial charge on any atom is -0.0230 e. The summed E-state index contributed by atoms with van der Waals surface area (Å²) in [7, 11) is 3.16. The molecule has 0 spiro atoms. The molecule has 3 aliphatic carbocycles. The van der Waals surface area contributed by atoms with Crippen LogP contribution in [0.2, 0.25) is 0 Å². The lowest BCUT2D eigenvalue weighted by Crippen LogP contribution is -2.23. The van der Waals surface area contributed by atoms with Gasteiger partial charge in [-0.15, -0.1) is 9.24 Å². The highest BCUT2D eigenvalue weighted by atomic mass is 31.0. The summed E-state index contributed by atoms with van der Waals surface area (Å²) in [5.41, 5.74) is 0.978. The number of hydrogen-bond donors (Lipinski definition) is 0. The quantitative estimate of drug-likeness (QED) is 0.533. The second-order valence-electron chi connectivity index (χ2n) is 5.88. The number of hydrogen-bond acceptors (Lipinski definition) is 0. The van der Waals surface area contributed by atoms with Crippen LogP contribution in [0.3, 0.4) is 0 Å². The largest absolute Gasteiger partial charge is 0.134 e. The Morgan fingerprint density at radius 1 is 0.786 bits per heavy atom. The first-order chi connectivity index (χ1) is 6.86. The van der Waals surface area contributed by atoms with Gasteiger partial charge in [0.15, 0.2) is 0 Å². The van der Waals surface area contributed by atoms with E-state index in [9.17, 15) is 0 Å². The molecule has 14 heavy (non-hydrogen) atoms. The first-order valence-electron chi connectivity index (χ1n) is 6.62. The molecule has 0 aromatic heterocycles. The van der Waals surface area contributed by atoms with E-state index in [0.29, 0.717) is 0 Å². The molecular weight excluding hydrogens is 187 g/mol. The van der Waals surface area contributed by atoms with Crippen molar-refractivity contribution in [3.63, 3.8) is 0 Å². The molecule has 0 nitrogen and oxygen atoms in total. The van der Waals surface area contributed by atoms with Crippen molar-refractivity contribution in [1.29, 1.82) is 0 Å². The normalized spacial score (nSPS) is 52.5. The van der Waals surface area contributed by atoms with Crippen LogP contribution < -0.4 is 0 Å². The molecule has 0 bridgehead atoms. The molecule has 6 unspecified atom stereocenters. The third-order valence-corrected chi connectivity index (χ3v) is 6.00. The van der Waals surface area contributed by atoms with E-state index in [1.54, 1.807) is 25.7 Å². The van der Waals surface area contributed by atoms with Crippen molar-refractivity contribution in [1.82, 2.24) is 0 Å². The van der Waals surface area contributed by atoms with Crippen molar-refractivity contribution < 1.29 is 0 Å². The van der Waals surface area contributed by atoms with Gasteiger partial charge in [-0.05, 0) is 55.0 Å². The first-order valence-corrected chi connectivity index (χ1v) is 7.28. The van der Waals surface area contributed by atoms with Gasteiger partial charge < -0.3 is 0 Å². The molecule has 3 saturated carbocycles. The molecule has 80 valence electrons. The van der Waals surface area contributed by atoms with Crippen molar-refractivity contribution in [3.8, 4) is 0 Å². The van der Waals surface area contributed by atoms with E-state index in [1.807, 2.05) is 0 Å². The third-order valence-electron chi connectivity index (χ3n) is 5.23. The van der Waals surface area contributed by atoms with Crippen LogP contribution in [-0.4, -0.2) is 5.66 Å². The lowest BCUT2D eigenvalue weighted by molar-refractivity contribution is 0.222. The zero-order chi connectivity index (χ0) is 9.54. The molecule has 0 aromatic carbocycles. The maximum atomic E-state index is 3.16. The predicted octanol–water partition coefficient (Wildman–Crippen LogP) is 3.86. The lowest BCUT2D eigenvalue weighted by atomic mass is 9.77. The summed E-state index contributed by atoms with van der Waals surface area (Å²) >= 11 is 0. The van der Waals surface area contributed by atoms with Gasteiger partial charge in [0.25, 0.3) is 0 Å². The maximum absolute atomic E-state index is 3.16. The Morgan fingerprint density at radius 3 is 2.50 bits per heavy atom. The predicted molar refractivity (Wildman–Crippen MR) is 64.4 cm³/mol. The molecule has 0 heterocycles. The Balaban J connectivity index is 1.82. The van der Waals surface area contributed by atoms with E-state index >= 15 is 0 Å². The summed E-state index contributed by atoms with van der Waals surface area (Å²) in [5, 5.41) is 0. The molecule has 0 aliphatic heterocycles. The average Bonchev–Trinajstić information content (AvgIpc) is 2.59. The Hall–Kier alpha value is 0.430. The van der Waals surface area contributed by atoms with Crippen molar-refractivity contribution in [3.05, 3.63) is 0 Å². The number of rotatable bonds is 0. The molecule has 0 saturated heterocycles. The smallest absolute Gasteiger partial charge is 0.0230 e. The standard InChI is InChI=1S/C13H23P/c14-12-8-10-7-6-9-4-2-1-3-5-11(12)13(9)10/h9-13H,1-8,14H2. The van der Waals surface area contributed by atoms with E-state index in [2.05, 4.69) is 9.24 Å². The molecule has 0 amide bonds. The third kappa shape index (κ3) is 1.45. The zero-order valence-electron chi connectivity index (χ0n) is 9.12. The monoisotopic (exact) mass is 210 g/mol. The van der Waals surface area contributed by atoms with Gasteiger partial charge >= 0.3 is 0 Å². The second-order valence-corrected chi connectivity index (χ2v) is 6.73. The van der Waals surface area contributed by atoms with Crippen LogP contribution in [0.4, 0.5) is 0 Å². The summed E-state index contributed by atoms with van der Waals surface area (Å²) in [5.74, 6) is 4.51. The van der Waals surface area contributed by atoms with E-state index in [4.69, 9.17) is 0 Å². The van der Waals surface area contributed by atoms with Crippen LogP contribution in [0.15, 0.2) is 0 Å². The first kappa shape index (κ1) is 9.64. The van der Waals surface area contributed by atoms with E-state index in [-0.39, 0.29) is 0 Å². The van der Waals surface area contributed by atoms with E-state index in [1.165, 1.54) is 25.7 Å². The summed E-state index contributed by atoms with van der Waals surface area (Å²) in [6, 6.07) is 0. The molecule has 0 N–H and O–H groups in total. The molecular formula is C13H23P. The Morgan fingerprint density at radius 2 is 1.57 bits per heavy atom. The molecule has 1 heteroatoms. The summed E-state index contributed by atoms with van der Waals surface area (Å²) in [6.07, 6.45) is 12.4. The molecule has 6 atom stereocenters. The topological polar surface area (TPSA) is 0 Å². The van der Waals surface area contributed by atoms with Crippen molar-refractivity contribution in [2.24, 2.45) is 23.7 Å². The van der Waals surface area contributed by atoms with Gasteiger partial charge in [-0.25, -0.2) is 0 Å². The minimum absolute atomic E-state index is 0.978. The fourth-order valence-corrected chi connectivity index (χ4v) is 5.49. The highest BCUT2D eigenvalue weighted by Gasteiger charge is 2.48. The van der Waals surface area contributed by atoms with Crippen LogP contribution in [0.25, 0.3) is 0 Å². The lowest BCUT2D eigenvalue weighted by Gasteiger charge is -2.30. The molecule has 0 radical (unpaired) electrons. The van der Waals surface area contributed by atoms with Crippen LogP contribution in [0, 0.1) is 23.7 Å². The highest BCUT2D eigenvalue weighted by molar-refractivity contribution is 7.17. The Labute approximate surface area is 90.4 Å². The van der Waals surface area contributed by atoms with Gasteiger partial charge in [0.1, 0.15) is 0 Å². The van der Waals surface area contributed by atoms with Gasteiger partial charge in [0.05, 0.1) is 0 Å². The second kappa shape index (κ2) is 3.78. The van der Waals surface area contributed by atoms with Gasteiger partial charge in [-0.2, -0.15) is 0 Å². The minimum Gasteiger partial charge on any atom is -0.134 e. The van der Waals surface area contributed by atoms with Crippen molar-refractivity contribution in [2.75, 3.05) is 0 Å². The summed E-state index contributed by atoms with van der Waals surface area (Å²) < 4.78 is 0. The fraction of sp³-hybridized carbons (Fsp3) is 1.00. The van der Waals surface area contributed by atoms with E-state index in [0.717, 1.165) is 29.3 Å². The fourth-order valence-electron chi connectivity index (χ4n) is 4.69. The molecule has 3 aliphatic rings. The van der Waals surface area contributed by atoms with Gasteiger partial charge in [-0.3, -0.25) is 0 Å². The molecule has 3 rings (SSSR count). The zero-order valence-corrected chi connectivity index (χ0v) is 10.3. The summed E-state index contributed by atoms with van der Waals surface area (Å²) in [4.78, 5) is 0. The Bertz CT molecular complexity index is 213. The van der Waals surface area contributed by atoms with E-state index < -0.39 is 0 Å². The summed E-state index contributed by atoms with van der Waals surface area (Å²) in [6.45, 7) is 0. The van der Waals surface area contributed by atoms with Crippen molar-refractivity contribution >= 4 is 9.24 Å². The SMILES string of the molecule is PC1CC2CCC3CCCCCC1C32.